The van der Waals surface area contributed by atoms with Crippen LogP contribution in [0.1, 0.15) is 6.92 Å². The summed E-state index contributed by atoms with van der Waals surface area (Å²) >= 11 is 13.7. The Morgan fingerprint density at radius 3 is 2.82 bits per heavy atom. The van der Waals surface area contributed by atoms with E-state index >= 15 is 0 Å². The van der Waals surface area contributed by atoms with Gasteiger partial charge in [-0.2, -0.15) is 0 Å². The van der Waals surface area contributed by atoms with Crippen molar-refractivity contribution in [3.8, 4) is 11.4 Å². The number of nitrogens with zero attached hydrogens (tertiary/aromatic N) is 4. The predicted octanol–water partition coefficient (Wildman–Crippen LogP) is 3.62. The lowest BCUT2D eigenvalue weighted by Gasteiger charge is -2.12. The number of aromatic nitrogens is 4. The highest BCUT2D eigenvalue weighted by atomic mass is 35.5. The van der Waals surface area contributed by atoms with Crippen LogP contribution in [-0.2, 0) is 7.05 Å². The van der Waals surface area contributed by atoms with Crippen LogP contribution in [0.5, 0.6) is 0 Å². The number of hydrogen-bond acceptors (Lipinski definition) is 4. The maximum atomic E-state index is 12.7. The van der Waals surface area contributed by atoms with Crippen molar-refractivity contribution in [2.24, 2.45) is 7.05 Å². The van der Waals surface area contributed by atoms with Crippen molar-refractivity contribution in [1.29, 1.82) is 0 Å². The number of fused-ring (bicyclic) bond motifs is 1. The zero-order chi connectivity index (χ0) is 15.9. The lowest BCUT2D eigenvalue weighted by Crippen LogP contribution is -2.20. The number of hydrogen-bond donors (Lipinski definition) is 0. The van der Waals surface area contributed by atoms with Crippen molar-refractivity contribution in [3.05, 3.63) is 44.9 Å². The maximum Gasteiger partial charge on any atom is 0.292 e. The molecule has 0 fully saturated rings. The second-order valence-electron chi connectivity index (χ2n) is 4.58. The summed E-state index contributed by atoms with van der Waals surface area (Å²) in [4.78, 5) is 21.4. The Morgan fingerprint density at radius 1 is 1.32 bits per heavy atom. The summed E-state index contributed by atoms with van der Waals surface area (Å²) in [6.07, 6.45) is 1.57. The molecule has 0 atom stereocenters. The van der Waals surface area contributed by atoms with Crippen LogP contribution in [0.4, 0.5) is 0 Å². The van der Waals surface area contributed by atoms with Crippen LogP contribution < -0.4 is 5.56 Å². The molecule has 5 nitrogen and oxygen atoms in total. The van der Waals surface area contributed by atoms with Gasteiger partial charge < -0.3 is 4.57 Å². The Kier molecular flexibility index (Phi) is 4.16. The van der Waals surface area contributed by atoms with Crippen LogP contribution in [0, 0.1) is 0 Å². The topological polar surface area (TPSA) is 52.7 Å². The third-order valence-electron chi connectivity index (χ3n) is 3.15. The number of benzene rings is 1. The molecule has 0 amide bonds. The molecular formula is C14H12Cl2N4OS. The molecule has 8 heteroatoms. The van der Waals surface area contributed by atoms with Gasteiger partial charge in [-0.25, -0.2) is 13.9 Å². The van der Waals surface area contributed by atoms with Crippen molar-refractivity contribution in [2.75, 3.05) is 5.75 Å². The molecule has 0 radical (unpaired) electrons. The van der Waals surface area contributed by atoms with Gasteiger partial charge in [-0.1, -0.05) is 36.2 Å². The summed E-state index contributed by atoms with van der Waals surface area (Å²) < 4.78 is 3.23. The van der Waals surface area contributed by atoms with Crippen molar-refractivity contribution >= 4 is 46.3 Å². The molecular weight excluding hydrogens is 343 g/mol. The van der Waals surface area contributed by atoms with Crippen molar-refractivity contribution < 1.29 is 0 Å². The number of aryl methyl sites for hydroxylation is 1. The Balaban J connectivity index is 2.41. The highest BCUT2D eigenvalue weighted by Gasteiger charge is 2.18. The summed E-state index contributed by atoms with van der Waals surface area (Å²) in [6, 6.07) is 5.28. The average Bonchev–Trinajstić information content (AvgIpc) is 2.87. The zero-order valence-corrected chi connectivity index (χ0v) is 14.2. The normalized spacial score (nSPS) is 11.3. The van der Waals surface area contributed by atoms with E-state index in [9.17, 15) is 4.79 Å². The molecule has 114 valence electrons. The van der Waals surface area contributed by atoms with Gasteiger partial charge in [0.15, 0.2) is 17.0 Å². The third-order valence-corrected chi connectivity index (χ3v) is 4.82. The SMILES string of the molecule is CCSn1c(-c2cccc(Cl)c2Cl)nc2c(ncn2C)c1=O. The van der Waals surface area contributed by atoms with Crippen LogP contribution in [0.25, 0.3) is 22.6 Å². The predicted molar refractivity (Wildman–Crippen MR) is 91.8 cm³/mol. The maximum absolute atomic E-state index is 12.7. The first-order chi connectivity index (χ1) is 10.5. The van der Waals surface area contributed by atoms with E-state index in [1.165, 1.54) is 15.9 Å². The molecule has 0 saturated heterocycles. The summed E-state index contributed by atoms with van der Waals surface area (Å²) in [6.45, 7) is 1.96. The molecule has 0 aliphatic rings. The second kappa shape index (κ2) is 5.95. The summed E-state index contributed by atoms with van der Waals surface area (Å²) in [5.41, 5.74) is 1.27. The van der Waals surface area contributed by atoms with Crippen molar-refractivity contribution in [2.45, 2.75) is 6.92 Å². The van der Waals surface area contributed by atoms with Gasteiger partial charge in [0.05, 0.1) is 16.4 Å². The first kappa shape index (κ1) is 15.4. The van der Waals surface area contributed by atoms with Gasteiger partial charge >= 0.3 is 0 Å². The van der Waals surface area contributed by atoms with E-state index in [2.05, 4.69) is 9.97 Å². The molecule has 0 aliphatic heterocycles. The molecule has 0 N–H and O–H groups in total. The molecule has 22 heavy (non-hydrogen) atoms. The summed E-state index contributed by atoms with van der Waals surface area (Å²) in [7, 11) is 1.79. The van der Waals surface area contributed by atoms with Crippen LogP contribution >= 0.6 is 35.1 Å². The smallest absolute Gasteiger partial charge is 0.292 e. The molecule has 2 heterocycles. The molecule has 1 aromatic carbocycles. The fourth-order valence-electron chi connectivity index (χ4n) is 2.14. The van der Waals surface area contributed by atoms with Crippen molar-refractivity contribution in [1.82, 2.24) is 18.5 Å². The standard InChI is InChI=1S/C14H12Cl2N4OS/c1-3-22-20-12(8-5-4-6-9(15)10(8)16)18-13-11(14(20)21)17-7-19(13)2/h4-7H,3H2,1-2H3. The van der Waals surface area contributed by atoms with E-state index < -0.39 is 0 Å². The van der Waals surface area contributed by atoms with E-state index in [0.717, 1.165) is 0 Å². The van der Waals surface area contributed by atoms with Crippen LogP contribution in [0.2, 0.25) is 10.0 Å². The molecule has 3 aromatic rings. The van der Waals surface area contributed by atoms with E-state index in [1.807, 2.05) is 6.92 Å². The molecule has 0 spiro atoms. The van der Waals surface area contributed by atoms with Crippen LogP contribution in [-0.4, -0.2) is 24.3 Å². The van der Waals surface area contributed by atoms with Crippen LogP contribution in [0.15, 0.2) is 29.3 Å². The van der Waals surface area contributed by atoms with E-state index in [4.69, 9.17) is 23.2 Å². The molecule has 0 bridgehead atoms. The van der Waals surface area contributed by atoms with Gasteiger partial charge in [0.2, 0.25) is 0 Å². The fourth-order valence-corrected chi connectivity index (χ4v) is 3.25. The molecule has 0 unspecified atom stereocenters. The highest BCUT2D eigenvalue weighted by molar-refractivity contribution is 7.97. The monoisotopic (exact) mass is 354 g/mol. The van der Waals surface area contributed by atoms with Gasteiger partial charge in [0.1, 0.15) is 0 Å². The van der Waals surface area contributed by atoms with E-state index in [0.29, 0.717) is 38.3 Å². The average molecular weight is 355 g/mol. The third kappa shape index (κ3) is 2.41. The van der Waals surface area contributed by atoms with Crippen LogP contribution in [0.3, 0.4) is 0 Å². The Labute approximate surface area is 141 Å². The minimum Gasteiger partial charge on any atom is -0.318 e. The Hall–Kier alpha value is -1.50. The Morgan fingerprint density at radius 2 is 2.09 bits per heavy atom. The Bertz CT molecular complexity index is 919. The minimum atomic E-state index is -0.205. The summed E-state index contributed by atoms with van der Waals surface area (Å²) in [5.74, 6) is 1.19. The second-order valence-corrected chi connectivity index (χ2v) is 6.57. The molecule has 3 rings (SSSR count). The highest BCUT2D eigenvalue weighted by Crippen LogP contribution is 2.33. The zero-order valence-electron chi connectivity index (χ0n) is 11.9. The van der Waals surface area contributed by atoms with Gasteiger partial charge in [-0.15, -0.1) is 0 Å². The minimum absolute atomic E-state index is 0.205. The largest absolute Gasteiger partial charge is 0.318 e. The first-order valence-corrected chi connectivity index (χ1v) is 8.26. The van der Waals surface area contributed by atoms with Gasteiger partial charge in [-0.3, -0.25) is 4.79 Å². The van der Waals surface area contributed by atoms with Crippen molar-refractivity contribution in [3.63, 3.8) is 0 Å². The van der Waals surface area contributed by atoms with Gasteiger partial charge in [-0.05, 0) is 24.1 Å². The summed E-state index contributed by atoms with van der Waals surface area (Å²) in [5, 5.41) is 0.801. The van der Waals surface area contributed by atoms with Gasteiger partial charge in [0, 0.05) is 18.4 Å². The van der Waals surface area contributed by atoms with Gasteiger partial charge in [0.25, 0.3) is 5.56 Å². The molecule has 2 aromatic heterocycles. The molecule has 0 saturated carbocycles. The number of rotatable bonds is 3. The molecule has 0 aliphatic carbocycles. The number of halogens is 2. The van der Waals surface area contributed by atoms with E-state index in [-0.39, 0.29) is 5.56 Å². The van der Waals surface area contributed by atoms with E-state index in [1.54, 1.807) is 36.1 Å². The lowest BCUT2D eigenvalue weighted by molar-refractivity contribution is 0.926. The quantitative estimate of drug-likeness (QED) is 0.720. The number of imidazole rings is 1. The fraction of sp³-hybridized carbons (Fsp3) is 0.214. The first-order valence-electron chi connectivity index (χ1n) is 6.56. The lowest BCUT2D eigenvalue weighted by atomic mass is 10.2.